The Labute approximate surface area is 167 Å². The van der Waals surface area contributed by atoms with Crippen molar-refractivity contribution >= 4 is 12.4 Å². The molecule has 0 radical (unpaired) electrons. The van der Waals surface area contributed by atoms with Gasteiger partial charge in [0, 0.05) is 37.9 Å². The highest BCUT2D eigenvalue weighted by atomic mass is 35.5. The Hall–Kier alpha value is -2.20. The van der Waals surface area contributed by atoms with E-state index in [2.05, 4.69) is 70.5 Å². The summed E-state index contributed by atoms with van der Waals surface area (Å²) >= 11 is 0. The van der Waals surface area contributed by atoms with E-state index in [-0.39, 0.29) is 12.4 Å². The second kappa shape index (κ2) is 9.14. The zero-order valence-corrected chi connectivity index (χ0v) is 16.2. The highest BCUT2D eigenvalue weighted by Crippen LogP contribution is 2.33. The topological polar surface area (TPSA) is 42.1 Å². The molecule has 1 aliphatic heterocycles. The van der Waals surface area contributed by atoms with E-state index in [1.165, 1.54) is 16.7 Å². The van der Waals surface area contributed by atoms with E-state index in [0.29, 0.717) is 11.8 Å². The number of pyridine rings is 1. The van der Waals surface area contributed by atoms with Crippen molar-refractivity contribution in [2.24, 2.45) is 11.7 Å². The van der Waals surface area contributed by atoms with E-state index in [9.17, 15) is 0 Å². The van der Waals surface area contributed by atoms with Crippen LogP contribution >= 0.6 is 12.4 Å². The molecule has 27 heavy (non-hydrogen) atoms. The molecule has 1 saturated heterocycles. The number of halogens is 1. The van der Waals surface area contributed by atoms with Crippen LogP contribution in [0.5, 0.6) is 0 Å². The largest absolute Gasteiger partial charge is 0.330 e. The molecule has 0 bridgehead atoms. The summed E-state index contributed by atoms with van der Waals surface area (Å²) in [6, 6.07) is 23.7. The lowest BCUT2D eigenvalue weighted by Crippen LogP contribution is -2.23. The van der Waals surface area contributed by atoms with Crippen LogP contribution in [0.3, 0.4) is 0 Å². The van der Waals surface area contributed by atoms with E-state index in [1.807, 2.05) is 18.5 Å². The summed E-state index contributed by atoms with van der Waals surface area (Å²) in [6.07, 6.45) is 3.74. The normalized spacial score (nSPS) is 19.6. The molecule has 2 N–H and O–H groups in total. The average Bonchev–Trinajstić information content (AvgIpc) is 3.12. The maximum Gasteiger partial charge on any atom is 0.0346 e. The molecule has 1 aliphatic rings. The monoisotopic (exact) mass is 379 g/mol. The summed E-state index contributed by atoms with van der Waals surface area (Å²) in [6.45, 7) is 3.84. The van der Waals surface area contributed by atoms with Gasteiger partial charge in [-0.05, 0) is 46.8 Å². The standard InChI is InChI=1S/C23H25N3.ClH/c24-13-22-16-26(17-23(22)19-7-2-1-3-8-19)15-18-6-4-9-20(12-18)21-10-5-11-25-14-21;/h1-12,14,22-23H,13,15-17,24H2;1H/t22-,23+;/m1./s1. The van der Waals surface area contributed by atoms with Crippen molar-refractivity contribution in [1.82, 2.24) is 9.88 Å². The zero-order chi connectivity index (χ0) is 17.8. The number of hydrogen-bond donors (Lipinski definition) is 1. The average molecular weight is 380 g/mol. The fourth-order valence-electron chi connectivity index (χ4n) is 4.05. The molecule has 4 heteroatoms. The Morgan fingerprint density at radius 2 is 1.74 bits per heavy atom. The van der Waals surface area contributed by atoms with Crippen LogP contribution in [0.15, 0.2) is 79.1 Å². The molecular formula is C23H26ClN3. The molecule has 0 amide bonds. The lowest BCUT2D eigenvalue weighted by Gasteiger charge is -2.17. The number of hydrogen-bond acceptors (Lipinski definition) is 3. The minimum Gasteiger partial charge on any atom is -0.330 e. The van der Waals surface area contributed by atoms with Gasteiger partial charge in [0.05, 0.1) is 0 Å². The molecule has 3 aromatic rings. The summed E-state index contributed by atoms with van der Waals surface area (Å²) in [5.41, 5.74) is 11.2. The van der Waals surface area contributed by atoms with Crippen molar-refractivity contribution in [3.8, 4) is 11.1 Å². The first kappa shape index (κ1) is 19.6. The highest BCUT2D eigenvalue weighted by molar-refractivity contribution is 5.85. The van der Waals surface area contributed by atoms with E-state index < -0.39 is 0 Å². The van der Waals surface area contributed by atoms with Crippen LogP contribution in [0.1, 0.15) is 17.0 Å². The molecule has 0 spiro atoms. The SMILES string of the molecule is Cl.NC[C@@H]1CN(Cc2cccc(-c3cccnc3)c2)C[C@H]1c1ccccc1. The molecule has 1 fully saturated rings. The van der Waals surface area contributed by atoms with Crippen LogP contribution in [0.25, 0.3) is 11.1 Å². The van der Waals surface area contributed by atoms with E-state index >= 15 is 0 Å². The molecule has 140 valence electrons. The molecule has 0 saturated carbocycles. The summed E-state index contributed by atoms with van der Waals surface area (Å²) in [7, 11) is 0. The maximum atomic E-state index is 6.08. The molecule has 3 nitrogen and oxygen atoms in total. The summed E-state index contributed by atoms with van der Waals surface area (Å²) in [5, 5.41) is 0. The number of nitrogens with zero attached hydrogens (tertiary/aromatic N) is 2. The van der Waals surface area contributed by atoms with Gasteiger partial charge in [0.1, 0.15) is 0 Å². The Kier molecular flexibility index (Phi) is 6.62. The van der Waals surface area contributed by atoms with Crippen LogP contribution < -0.4 is 5.73 Å². The van der Waals surface area contributed by atoms with Crippen LogP contribution in [0.4, 0.5) is 0 Å². The lowest BCUT2D eigenvalue weighted by atomic mass is 9.89. The number of aromatic nitrogens is 1. The first-order chi connectivity index (χ1) is 12.8. The van der Waals surface area contributed by atoms with Gasteiger partial charge in [0.2, 0.25) is 0 Å². The molecule has 2 atom stereocenters. The molecular weight excluding hydrogens is 354 g/mol. The van der Waals surface area contributed by atoms with Gasteiger partial charge in [-0.3, -0.25) is 9.88 Å². The van der Waals surface area contributed by atoms with E-state index in [1.54, 1.807) is 0 Å². The number of nitrogens with two attached hydrogens (primary N) is 1. The predicted molar refractivity (Wildman–Crippen MR) is 114 cm³/mol. The third-order valence-electron chi connectivity index (χ3n) is 5.38. The summed E-state index contributed by atoms with van der Waals surface area (Å²) in [4.78, 5) is 6.77. The minimum absolute atomic E-state index is 0. The fourth-order valence-corrected chi connectivity index (χ4v) is 4.05. The Morgan fingerprint density at radius 3 is 2.48 bits per heavy atom. The summed E-state index contributed by atoms with van der Waals surface area (Å²) < 4.78 is 0. The van der Waals surface area contributed by atoms with Crippen LogP contribution in [-0.4, -0.2) is 29.5 Å². The minimum atomic E-state index is 0. The zero-order valence-electron chi connectivity index (χ0n) is 15.4. The van der Waals surface area contributed by atoms with Crippen LogP contribution in [0.2, 0.25) is 0 Å². The van der Waals surface area contributed by atoms with Gasteiger partial charge in [-0.1, -0.05) is 54.6 Å². The van der Waals surface area contributed by atoms with Gasteiger partial charge in [-0.2, -0.15) is 0 Å². The second-order valence-corrected chi connectivity index (χ2v) is 7.15. The van der Waals surface area contributed by atoms with Crippen LogP contribution in [-0.2, 0) is 6.54 Å². The van der Waals surface area contributed by atoms with Gasteiger partial charge in [0.25, 0.3) is 0 Å². The molecule has 0 unspecified atom stereocenters. The first-order valence-corrected chi connectivity index (χ1v) is 9.30. The van der Waals surface area contributed by atoms with Crippen molar-refractivity contribution in [2.75, 3.05) is 19.6 Å². The van der Waals surface area contributed by atoms with Gasteiger partial charge in [-0.25, -0.2) is 0 Å². The molecule has 0 aliphatic carbocycles. The number of rotatable bonds is 5. The Bertz CT molecular complexity index is 839. The smallest absolute Gasteiger partial charge is 0.0346 e. The van der Waals surface area contributed by atoms with Crippen LogP contribution in [0, 0.1) is 5.92 Å². The van der Waals surface area contributed by atoms with Gasteiger partial charge >= 0.3 is 0 Å². The highest BCUT2D eigenvalue weighted by Gasteiger charge is 2.32. The number of benzene rings is 2. The van der Waals surface area contributed by atoms with Gasteiger partial charge < -0.3 is 5.73 Å². The maximum absolute atomic E-state index is 6.08. The van der Waals surface area contributed by atoms with E-state index in [0.717, 1.165) is 31.7 Å². The second-order valence-electron chi connectivity index (χ2n) is 7.15. The molecule has 2 heterocycles. The van der Waals surface area contributed by atoms with Gasteiger partial charge in [0.15, 0.2) is 0 Å². The third-order valence-corrected chi connectivity index (χ3v) is 5.38. The first-order valence-electron chi connectivity index (χ1n) is 9.30. The van der Waals surface area contributed by atoms with Crippen molar-refractivity contribution in [3.63, 3.8) is 0 Å². The Morgan fingerprint density at radius 1 is 0.926 bits per heavy atom. The van der Waals surface area contributed by atoms with Crippen molar-refractivity contribution < 1.29 is 0 Å². The lowest BCUT2D eigenvalue weighted by molar-refractivity contribution is 0.317. The molecule has 4 rings (SSSR count). The molecule has 1 aromatic heterocycles. The van der Waals surface area contributed by atoms with E-state index in [4.69, 9.17) is 5.73 Å². The number of likely N-dealkylation sites (tertiary alicyclic amines) is 1. The predicted octanol–water partition coefficient (Wildman–Crippen LogP) is 4.34. The summed E-state index contributed by atoms with van der Waals surface area (Å²) in [5.74, 6) is 1.06. The molecule has 2 aromatic carbocycles. The van der Waals surface area contributed by atoms with Crippen molar-refractivity contribution in [1.29, 1.82) is 0 Å². The fraction of sp³-hybridized carbons (Fsp3) is 0.261. The third kappa shape index (κ3) is 4.56. The van der Waals surface area contributed by atoms with Crippen molar-refractivity contribution in [2.45, 2.75) is 12.5 Å². The quantitative estimate of drug-likeness (QED) is 0.716. The van der Waals surface area contributed by atoms with Gasteiger partial charge in [-0.15, -0.1) is 12.4 Å². The Balaban J connectivity index is 0.00000210. The van der Waals surface area contributed by atoms with Crippen molar-refractivity contribution in [3.05, 3.63) is 90.3 Å².